The summed E-state index contributed by atoms with van der Waals surface area (Å²) in [7, 11) is 0. The molecule has 2 rings (SSSR count). The first-order chi connectivity index (χ1) is 10.7. The van der Waals surface area contributed by atoms with Crippen LogP contribution in [-0.2, 0) is 4.74 Å². The second-order valence-electron chi connectivity index (χ2n) is 6.73. The van der Waals surface area contributed by atoms with Crippen molar-refractivity contribution >= 4 is 23.6 Å². The third kappa shape index (κ3) is 5.43. The first-order valence-corrected chi connectivity index (χ1v) is 8.17. The van der Waals surface area contributed by atoms with E-state index in [0.29, 0.717) is 36.5 Å². The van der Waals surface area contributed by atoms with Crippen molar-refractivity contribution in [2.45, 2.75) is 45.3 Å². The molecule has 23 heavy (non-hydrogen) atoms. The van der Waals surface area contributed by atoms with Crippen molar-refractivity contribution in [3.63, 3.8) is 0 Å². The van der Waals surface area contributed by atoms with Crippen LogP contribution in [0.1, 0.15) is 44.0 Å². The number of amides is 2. The Bertz CT molecular complexity index is 575. The lowest BCUT2D eigenvalue weighted by atomic mass is 10.0. The minimum absolute atomic E-state index is 0.0557. The Morgan fingerprint density at radius 1 is 1.26 bits per heavy atom. The van der Waals surface area contributed by atoms with E-state index in [-0.39, 0.29) is 18.0 Å². The molecule has 1 heterocycles. The summed E-state index contributed by atoms with van der Waals surface area (Å²) in [4.78, 5) is 25.9. The van der Waals surface area contributed by atoms with Gasteiger partial charge in [-0.25, -0.2) is 4.79 Å². The van der Waals surface area contributed by atoms with Gasteiger partial charge in [0.1, 0.15) is 5.60 Å². The highest BCUT2D eigenvalue weighted by molar-refractivity contribution is 6.30. The highest BCUT2D eigenvalue weighted by Crippen LogP contribution is 2.16. The van der Waals surface area contributed by atoms with Gasteiger partial charge in [-0.3, -0.25) is 4.79 Å². The molecule has 5 nitrogen and oxygen atoms in total. The average molecular weight is 339 g/mol. The number of benzene rings is 1. The molecule has 1 saturated heterocycles. The molecule has 1 aromatic carbocycles. The minimum atomic E-state index is -0.491. The van der Waals surface area contributed by atoms with Crippen LogP contribution in [0.2, 0.25) is 5.02 Å². The maximum Gasteiger partial charge on any atom is 0.410 e. The van der Waals surface area contributed by atoms with Gasteiger partial charge in [0.2, 0.25) is 0 Å². The Labute approximate surface area is 141 Å². The van der Waals surface area contributed by atoms with Gasteiger partial charge in [-0.05, 0) is 51.8 Å². The molecule has 0 saturated carbocycles. The summed E-state index contributed by atoms with van der Waals surface area (Å²) >= 11 is 5.90. The average Bonchev–Trinajstić information content (AvgIpc) is 2.46. The zero-order chi connectivity index (χ0) is 17.0. The van der Waals surface area contributed by atoms with Crippen molar-refractivity contribution in [2.24, 2.45) is 0 Å². The number of nitrogens with zero attached hydrogens (tertiary/aromatic N) is 1. The van der Waals surface area contributed by atoms with E-state index in [1.54, 1.807) is 29.2 Å². The van der Waals surface area contributed by atoms with Crippen molar-refractivity contribution in [2.75, 3.05) is 13.1 Å². The van der Waals surface area contributed by atoms with E-state index < -0.39 is 5.60 Å². The standard InChI is InChI=1S/C17H23ClN2O3/c1-17(2,3)23-16(22)20-9-7-14(8-10-20)19-15(21)12-5-4-6-13(18)11-12/h4-6,11,14H,7-10H2,1-3H3,(H,19,21). The van der Waals surface area contributed by atoms with Crippen molar-refractivity contribution in [1.29, 1.82) is 0 Å². The molecule has 2 amide bonds. The summed E-state index contributed by atoms with van der Waals surface area (Å²) in [6, 6.07) is 6.92. The molecule has 0 atom stereocenters. The van der Waals surface area contributed by atoms with Crippen LogP contribution in [0.25, 0.3) is 0 Å². The Morgan fingerprint density at radius 3 is 2.48 bits per heavy atom. The monoisotopic (exact) mass is 338 g/mol. The predicted octanol–water partition coefficient (Wildman–Crippen LogP) is 3.47. The van der Waals surface area contributed by atoms with Crippen molar-refractivity contribution in [1.82, 2.24) is 10.2 Å². The third-order valence-electron chi connectivity index (χ3n) is 3.57. The van der Waals surface area contributed by atoms with E-state index >= 15 is 0 Å². The number of ether oxygens (including phenoxy) is 1. The fourth-order valence-electron chi connectivity index (χ4n) is 2.43. The van der Waals surface area contributed by atoms with Gasteiger partial charge in [0.15, 0.2) is 0 Å². The van der Waals surface area contributed by atoms with Crippen molar-refractivity contribution in [3.05, 3.63) is 34.9 Å². The Morgan fingerprint density at radius 2 is 1.91 bits per heavy atom. The maximum atomic E-state index is 12.2. The summed E-state index contributed by atoms with van der Waals surface area (Å²) < 4.78 is 5.36. The van der Waals surface area contributed by atoms with E-state index in [9.17, 15) is 9.59 Å². The molecule has 6 heteroatoms. The molecule has 126 valence electrons. The van der Waals surface area contributed by atoms with Gasteiger partial charge in [-0.1, -0.05) is 17.7 Å². The van der Waals surface area contributed by atoms with Crippen molar-refractivity contribution < 1.29 is 14.3 Å². The second kappa shape index (κ2) is 7.21. The van der Waals surface area contributed by atoms with Crippen LogP contribution < -0.4 is 5.32 Å². The first kappa shape index (κ1) is 17.6. The van der Waals surface area contributed by atoms with Gasteiger partial charge in [-0.15, -0.1) is 0 Å². The number of rotatable bonds is 2. The summed E-state index contributed by atoms with van der Waals surface area (Å²) in [5.41, 5.74) is 0.0569. The van der Waals surface area contributed by atoms with Crippen molar-refractivity contribution in [3.8, 4) is 0 Å². The molecule has 0 spiro atoms. The molecule has 0 aromatic heterocycles. The molecule has 1 aliphatic rings. The van der Waals surface area contributed by atoms with Crippen LogP contribution in [-0.4, -0.2) is 41.6 Å². The Hall–Kier alpha value is -1.75. The van der Waals surface area contributed by atoms with Gasteiger partial charge in [-0.2, -0.15) is 0 Å². The SMILES string of the molecule is CC(C)(C)OC(=O)N1CCC(NC(=O)c2cccc(Cl)c2)CC1. The molecule has 0 aliphatic carbocycles. The van der Waals surface area contributed by atoms with Gasteiger partial charge in [0, 0.05) is 29.7 Å². The van der Waals surface area contributed by atoms with E-state index in [4.69, 9.17) is 16.3 Å². The summed E-state index contributed by atoms with van der Waals surface area (Å²) in [5, 5.41) is 3.53. The lowest BCUT2D eigenvalue weighted by Crippen LogP contribution is -2.47. The first-order valence-electron chi connectivity index (χ1n) is 7.79. The van der Waals surface area contributed by atoms with Crippen LogP contribution in [0.15, 0.2) is 24.3 Å². The number of halogens is 1. The van der Waals surface area contributed by atoms with Gasteiger partial charge < -0.3 is 15.0 Å². The molecular weight excluding hydrogens is 316 g/mol. The molecular formula is C17H23ClN2O3. The normalized spacial score (nSPS) is 16.1. The van der Waals surface area contributed by atoms with Crippen LogP contribution in [0, 0.1) is 0 Å². The van der Waals surface area contributed by atoms with Crippen LogP contribution in [0.5, 0.6) is 0 Å². The number of piperidine rings is 1. The Kier molecular flexibility index (Phi) is 5.52. The number of likely N-dealkylation sites (tertiary alicyclic amines) is 1. The summed E-state index contributed by atoms with van der Waals surface area (Å²) in [6.07, 6.45) is 1.13. The maximum absolute atomic E-state index is 12.2. The van der Waals surface area contributed by atoms with Gasteiger partial charge >= 0.3 is 6.09 Å². The van der Waals surface area contributed by atoms with Crippen LogP contribution >= 0.6 is 11.6 Å². The van der Waals surface area contributed by atoms with E-state index in [2.05, 4.69) is 5.32 Å². The van der Waals surface area contributed by atoms with E-state index in [1.165, 1.54) is 0 Å². The van der Waals surface area contributed by atoms with Gasteiger partial charge in [0.05, 0.1) is 0 Å². The lowest BCUT2D eigenvalue weighted by Gasteiger charge is -2.33. The van der Waals surface area contributed by atoms with E-state index in [1.807, 2.05) is 20.8 Å². The molecule has 1 N–H and O–H groups in total. The smallest absolute Gasteiger partial charge is 0.410 e. The third-order valence-corrected chi connectivity index (χ3v) is 3.80. The number of carbonyl (C=O) groups excluding carboxylic acids is 2. The zero-order valence-corrected chi connectivity index (χ0v) is 14.5. The molecule has 1 fully saturated rings. The highest BCUT2D eigenvalue weighted by atomic mass is 35.5. The molecule has 1 aromatic rings. The topological polar surface area (TPSA) is 58.6 Å². The molecule has 0 bridgehead atoms. The van der Waals surface area contributed by atoms with Crippen LogP contribution in [0.3, 0.4) is 0 Å². The van der Waals surface area contributed by atoms with Crippen LogP contribution in [0.4, 0.5) is 4.79 Å². The number of hydrogen-bond acceptors (Lipinski definition) is 3. The number of carbonyl (C=O) groups is 2. The molecule has 0 unspecified atom stereocenters. The predicted molar refractivity (Wildman–Crippen MR) is 89.7 cm³/mol. The fourth-order valence-corrected chi connectivity index (χ4v) is 2.62. The number of nitrogens with one attached hydrogen (secondary N) is 1. The highest BCUT2D eigenvalue weighted by Gasteiger charge is 2.27. The summed E-state index contributed by atoms with van der Waals surface area (Å²) in [6.45, 7) is 6.71. The quantitative estimate of drug-likeness (QED) is 0.898. The molecule has 1 aliphatic heterocycles. The molecule has 0 radical (unpaired) electrons. The summed E-state index contributed by atoms with van der Waals surface area (Å²) in [5.74, 6) is -0.136. The zero-order valence-electron chi connectivity index (χ0n) is 13.8. The number of hydrogen-bond donors (Lipinski definition) is 1. The largest absolute Gasteiger partial charge is 0.444 e. The second-order valence-corrected chi connectivity index (χ2v) is 7.16. The van der Waals surface area contributed by atoms with Gasteiger partial charge in [0.25, 0.3) is 5.91 Å². The van der Waals surface area contributed by atoms with E-state index in [0.717, 1.165) is 0 Å². The fraction of sp³-hybridized carbons (Fsp3) is 0.529. The Balaban J connectivity index is 1.83. The minimum Gasteiger partial charge on any atom is -0.444 e. The lowest BCUT2D eigenvalue weighted by molar-refractivity contribution is 0.0199.